The standard InChI is InChI=1S/C16H9ClN2O2S/c17-9-5-7-10(8-6-9)19-15(20)13-14(16(19)21)22-12-4-2-1-3-11(12)18-13/h1-8,21H/p+1. The molecular weight excluding hydrogens is 320 g/mol. The Hall–Kier alpha value is -2.37. The topological polar surface area (TPSA) is 56.4 Å². The molecule has 6 heteroatoms. The van der Waals surface area contributed by atoms with Crippen molar-refractivity contribution >= 4 is 33.2 Å². The Labute approximate surface area is 134 Å². The van der Waals surface area contributed by atoms with Crippen molar-refractivity contribution in [3.05, 3.63) is 63.9 Å². The van der Waals surface area contributed by atoms with Crippen LogP contribution in [-0.4, -0.2) is 9.67 Å². The van der Waals surface area contributed by atoms with Crippen LogP contribution in [0.5, 0.6) is 5.88 Å². The molecule has 0 radical (unpaired) electrons. The van der Waals surface area contributed by atoms with Gasteiger partial charge in [-0.1, -0.05) is 23.7 Å². The number of nitrogens with one attached hydrogen (secondary N) is 1. The van der Waals surface area contributed by atoms with Gasteiger partial charge >= 0.3 is 5.56 Å². The van der Waals surface area contributed by atoms with E-state index in [0.717, 1.165) is 10.2 Å². The fourth-order valence-electron chi connectivity index (χ4n) is 2.46. The van der Waals surface area contributed by atoms with E-state index in [1.54, 1.807) is 24.3 Å². The molecule has 2 heterocycles. The van der Waals surface area contributed by atoms with Crippen molar-refractivity contribution in [1.29, 1.82) is 0 Å². The lowest BCUT2D eigenvalue weighted by atomic mass is 10.3. The number of aromatic nitrogens is 2. The molecule has 0 bridgehead atoms. The minimum atomic E-state index is -0.281. The van der Waals surface area contributed by atoms with Gasteiger partial charge in [-0.25, -0.2) is 4.57 Å². The van der Waals surface area contributed by atoms with Crippen LogP contribution in [0.1, 0.15) is 0 Å². The van der Waals surface area contributed by atoms with Crippen molar-refractivity contribution in [3.63, 3.8) is 0 Å². The van der Waals surface area contributed by atoms with Gasteiger partial charge in [0.2, 0.25) is 11.4 Å². The molecule has 0 aliphatic carbocycles. The number of aromatic hydroxyl groups is 1. The summed E-state index contributed by atoms with van der Waals surface area (Å²) in [5.74, 6) is -0.0608. The van der Waals surface area contributed by atoms with E-state index in [4.69, 9.17) is 11.6 Å². The second-order valence-corrected chi connectivity index (χ2v) is 6.36. The Morgan fingerprint density at radius 2 is 1.82 bits per heavy atom. The van der Waals surface area contributed by atoms with Crippen LogP contribution in [0.15, 0.2) is 53.3 Å². The fraction of sp³-hybridized carbons (Fsp3) is 0. The minimum absolute atomic E-state index is 0.0608. The Morgan fingerprint density at radius 1 is 1.09 bits per heavy atom. The molecule has 0 saturated heterocycles. The van der Waals surface area contributed by atoms with Crippen molar-refractivity contribution in [2.45, 2.75) is 0 Å². The van der Waals surface area contributed by atoms with E-state index in [9.17, 15) is 9.90 Å². The predicted molar refractivity (Wildman–Crippen MR) is 87.3 cm³/mol. The highest BCUT2D eigenvalue weighted by atomic mass is 35.5. The summed E-state index contributed by atoms with van der Waals surface area (Å²) in [7, 11) is 0. The van der Waals surface area contributed by atoms with Crippen LogP contribution in [0, 0.1) is 0 Å². The van der Waals surface area contributed by atoms with Crippen molar-refractivity contribution in [1.82, 2.24) is 4.57 Å². The van der Waals surface area contributed by atoms with Gasteiger partial charge in [-0.15, -0.1) is 11.3 Å². The molecule has 0 saturated carbocycles. The summed E-state index contributed by atoms with van der Waals surface area (Å²) in [6.45, 7) is 0. The van der Waals surface area contributed by atoms with Crippen molar-refractivity contribution in [3.8, 4) is 22.1 Å². The highest BCUT2D eigenvalue weighted by molar-refractivity contribution is 7.21. The molecule has 0 atom stereocenters. The number of halogens is 1. The first kappa shape index (κ1) is 13.3. The van der Waals surface area contributed by atoms with Crippen LogP contribution in [-0.2, 0) is 0 Å². The molecule has 2 aliphatic heterocycles. The lowest BCUT2D eigenvalue weighted by Crippen LogP contribution is -2.20. The van der Waals surface area contributed by atoms with Crippen molar-refractivity contribution in [2.75, 3.05) is 0 Å². The van der Waals surface area contributed by atoms with E-state index in [1.165, 1.54) is 15.9 Å². The first-order valence-electron chi connectivity index (χ1n) is 6.59. The zero-order valence-electron chi connectivity index (χ0n) is 11.2. The third kappa shape index (κ3) is 1.90. The van der Waals surface area contributed by atoms with Gasteiger partial charge in [0, 0.05) is 11.1 Å². The third-order valence-corrected chi connectivity index (χ3v) is 4.92. The molecule has 2 aromatic rings. The Balaban J connectivity index is 2.08. The number of aromatic amines is 1. The van der Waals surface area contributed by atoms with Gasteiger partial charge < -0.3 is 5.11 Å². The SMILES string of the molecule is O=c1c2[nH+]c3ccccc3sc-2c(O)n1-c1ccc(Cl)cc1. The largest absolute Gasteiger partial charge is 0.493 e. The minimum Gasteiger partial charge on any atom is -0.493 e. The van der Waals surface area contributed by atoms with E-state index < -0.39 is 0 Å². The van der Waals surface area contributed by atoms with E-state index in [-0.39, 0.29) is 11.4 Å². The second-order valence-electron chi connectivity index (χ2n) is 4.87. The van der Waals surface area contributed by atoms with E-state index in [1.807, 2.05) is 24.3 Å². The summed E-state index contributed by atoms with van der Waals surface area (Å²) in [5.41, 5.74) is 1.56. The molecule has 2 aliphatic rings. The zero-order valence-corrected chi connectivity index (χ0v) is 12.8. The number of benzene rings is 2. The molecule has 108 valence electrons. The first-order chi connectivity index (χ1) is 10.6. The Kier molecular flexibility index (Phi) is 2.92. The monoisotopic (exact) mass is 329 g/mol. The molecule has 0 aromatic heterocycles. The van der Waals surface area contributed by atoms with Crippen LogP contribution >= 0.6 is 22.9 Å². The summed E-state index contributed by atoms with van der Waals surface area (Å²) >= 11 is 7.26. The smallest absolute Gasteiger partial charge is 0.331 e. The molecule has 4 rings (SSSR count). The molecule has 2 aromatic carbocycles. The maximum atomic E-state index is 12.6. The molecule has 0 amide bonds. The molecular formula is C16H10ClN2O2S+. The average Bonchev–Trinajstić information content (AvgIpc) is 2.78. The van der Waals surface area contributed by atoms with Crippen LogP contribution in [0.25, 0.3) is 26.5 Å². The van der Waals surface area contributed by atoms with Crippen molar-refractivity contribution in [2.24, 2.45) is 0 Å². The summed E-state index contributed by atoms with van der Waals surface area (Å²) in [6, 6.07) is 14.4. The first-order valence-corrected chi connectivity index (χ1v) is 7.79. The predicted octanol–water partition coefficient (Wildman–Crippen LogP) is 3.33. The lowest BCUT2D eigenvalue weighted by Gasteiger charge is -2.02. The summed E-state index contributed by atoms with van der Waals surface area (Å²) in [4.78, 5) is 16.3. The summed E-state index contributed by atoms with van der Waals surface area (Å²) in [5, 5.41) is 11.0. The second kappa shape index (κ2) is 4.83. The highest BCUT2D eigenvalue weighted by Crippen LogP contribution is 2.35. The summed E-state index contributed by atoms with van der Waals surface area (Å²) < 4.78 is 2.26. The van der Waals surface area contributed by atoms with Crippen LogP contribution in [0.3, 0.4) is 0 Å². The molecule has 4 nitrogen and oxygen atoms in total. The highest BCUT2D eigenvalue weighted by Gasteiger charge is 2.29. The molecule has 0 spiro atoms. The average molecular weight is 330 g/mol. The number of H-pyrrole nitrogens is 1. The van der Waals surface area contributed by atoms with E-state index in [2.05, 4.69) is 4.98 Å². The summed E-state index contributed by atoms with van der Waals surface area (Å²) in [6.07, 6.45) is 0. The third-order valence-electron chi connectivity index (χ3n) is 3.50. The fourth-order valence-corrected chi connectivity index (χ4v) is 3.60. The zero-order chi connectivity index (χ0) is 15.3. The maximum Gasteiger partial charge on any atom is 0.331 e. The van der Waals surface area contributed by atoms with Gasteiger partial charge in [0.15, 0.2) is 4.88 Å². The number of hydrogen-bond acceptors (Lipinski definition) is 3. The van der Waals surface area contributed by atoms with Gasteiger partial charge in [0.1, 0.15) is 0 Å². The van der Waals surface area contributed by atoms with Crippen LogP contribution < -0.4 is 10.5 Å². The van der Waals surface area contributed by atoms with Gasteiger partial charge in [-0.2, -0.15) is 4.98 Å². The van der Waals surface area contributed by atoms with Gasteiger partial charge in [0.25, 0.3) is 5.69 Å². The maximum absolute atomic E-state index is 12.6. The van der Waals surface area contributed by atoms with Gasteiger partial charge in [-0.3, -0.25) is 4.79 Å². The van der Waals surface area contributed by atoms with E-state index in [0.29, 0.717) is 21.3 Å². The molecule has 2 N–H and O–H groups in total. The number of nitrogens with zero attached hydrogens (tertiary/aromatic N) is 1. The number of fused-ring (bicyclic) bond motifs is 2. The van der Waals surface area contributed by atoms with Crippen LogP contribution in [0.2, 0.25) is 5.02 Å². The molecule has 0 fully saturated rings. The molecule has 22 heavy (non-hydrogen) atoms. The number of para-hydroxylation sites is 1. The molecule has 0 unspecified atom stereocenters. The van der Waals surface area contributed by atoms with Crippen molar-refractivity contribution < 1.29 is 10.1 Å². The Morgan fingerprint density at radius 3 is 2.59 bits per heavy atom. The quantitative estimate of drug-likeness (QED) is 0.582. The normalized spacial score (nSPS) is 11.3. The van der Waals surface area contributed by atoms with Gasteiger partial charge in [0.05, 0.1) is 10.4 Å². The number of rotatable bonds is 1. The Bertz CT molecular complexity index is 1020. The van der Waals surface area contributed by atoms with Crippen LogP contribution in [0.4, 0.5) is 0 Å². The van der Waals surface area contributed by atoms with Gasteiger partial charge in [-0.05, 0) is 30.3 Å². The number of hydrogen-bond donors (Lipinski definition) is 1. The van der Waals surface area contributed by atoms with E-state index >= 15 is 0 Å². The lowest BCUT2D eigenvalue weighted by molar-refractivity contribution is -0.331.